The fourth-order valence-corrected chi connectivity index (χ4v) is 5.20. The fourth-order valence-electron chi connectivity index (χ4n) is 5.20. The molecule has 1 amide bonds. The third-order valence-electron chi connectivity index (χ3n) is 7.02. The van der Waals surface area contributed by atoms with Gasteiger partial charge in [0.05, 0.1) is 25.3 Å². The number of rotatable bonds is 5. The number of benzene rings is 2. The quantitative estimate of drug-likeness (QED) is 0.450. The van der Waals surface area contributed by atoms with Crippen LogP contribution in [-0.2, 0) is 30.8 Å². The summed E-state index contributed by atoms with van der Waals surface area (Å²) in [5.41, 5.74) is 6.32. The van der Waals surface area contributed by atoms with E-state index in [-0.39, 0.29) is 5.91 Å². The van der Waals surface area contributed by atoms with Crippen LogP contribution in [0.3, 0.4) is 0 Å². The Labute approximate surface area is 204 Å². The number of hydrogen-bond donors (Lipinski definition) is 0. The highest BCUT2D eigenvalue weighted by atomic mass is 16.5. The minimum atomic E-state index is 0.0209. The van der Waals surface area contributed by atoms with Gasteiger partial charge in [-0.1, -0.05) is 48.5 Å². The van der Waals surface area contributed by atoms with Crippen LogP contribution in [0.4, 0.5) is 0 Å². The van der Waals surface area contributed by atoms with Crippen LogP contribution < -0.4 is 0 Å². The summed E-state index contributed by atoms with van der Waals surface area (Å²) in [6, 6.07) is 20.8. The first-order valence-electron chi connectivity index (χ1n) is 12.3. The lowest BCUT2D eigenvalue weighted by molar-refractivity contribution is 0.0297. The second kappa shape index (κ2) is 9.60. The molecule has 1 fully saturated rings. The number of nitrogens with zero attached hydrogens (tertiary/aromatic N) is 5. The Morgan fingerprint density at radius 2 is 1.77 bits per heavy atom. The molecule has 0 aliphatic carbocycles. The van der Waals surface area contributed by atoms with Crippen molar-refractivity contribution >= 4 is 16.8 Å². The van der Waals surface area contributed by atoms with Crippen molar-refractivity contribution in [3.05, 3.63) is 94.9 Å². The van der Waals surface area contributed by atoms with Crippen molar-refractivity contribution in [3.8, 4) is 0 Å². The van der Waals surface area contributed by atoms with Gasteiger partial charge in [-0.05, 0) is 23.3 Å². The first-order valence-corrected chi connectivity index (χ1v) is 12.3. The highest BCUT2D eigenvalue weighted by molar-refractivity contribution is 5.94. The molecule has 7 nitrogen and oxygen atoms in total. The summed E-state index contributed by atoms with van der Waals surface area (Å²) in [5, 5.41) is 6.09. The molecule has 0 radical (unpaired) electrons. The summed E-state index contributed by atoms with van der Waals surface area (Å²) in [4.78, 5) is 22.4. The molecule has 0 saturated carbocycles. The van der Waals surface area contributed by atoms with Crippen molar-refractivity contribution in [3.63, 3.8) is 0 Å². The van der Waals surface area contributed by atoms with E-state index in [9.17, 15) is 4.79 Å². The second-order valence-corrected chi connectivity index (χ2v) is 9.27. The van der Waals surface area contributed by atoms with Crippen molar-refractivity contribution in [2.24, 2.45) is 0 Å². The number of pyridine rings is 1. The van der Waals surface area contributed by atoms with Crippen LogP contribution in [-0.4, -0.2) is 63.3 Å². The Kier molecular flexibility index (Phi) is 6.02. The Morgan fingerprint density at radius 1 is 0.914 bits per heavy atom. The lowest BCUT2D eigenvalue weighted by Crippen LogP contribution is -2.41. The van der Waals surface area contributed by atoms with E-state index in [1.54, 1.807) is 0 Å². The van der Waals surface area contributed by atoms with Crippen LogP contribution in [0.1, 0.15) is 32.9 Å². The number of amides is 1. The second-order valence-electron chi connectivity index (χ2n) is 9.27. The maximum absolute atomic E-state index is 13.5. The van der Waals surface area contributed by atoms with Gasteiger partial charge in [0.25, 0.3) is 5.91 Å². The van der Waals surface area contributed by atoms with Gasteiger partial charge in [0, 0.05) is 62.0 Å². The maximum Gasteiger partial charge on any atom is 0.274 e. The Morgan fingerprint density at radius 3 is 2.63 bits per heavy atom. The third kappa shape index (κ3) is 4.45. The molecular weight excluding hydrogens is 438 g/mol. The monoisotopic (exact) mass is 467 g/mol. The number of ether oxygens (including phenoxy) is 1. The van der Waals surface area contributed by atoms with E-state index in [2.05, 4.69) is 51.0 Å². The van der Waals surface area contributed by atoms with E-state index in [0.717, 1.165) is 30.6 Å². The molecular formula is C28H29N5O2. The van der Waals surface area contributed by atoms with Crippen molar-refractivity contribution in [1.82, 2.24) is 24.6 Å². The molecule has 35 heavy (non-hydrogen) atoms. The molecule has 2 aliphatic rings. The number of hydrogen-bond acceptors (Lipinski definition) is 5. The van der Waals surface area contributed by atoms with Gasteiger partial charge in [0.2, 0.25) is 0 Å². The molecule has 2 aromatic heterocycles. The van der Waals surface area contributed by atoms with Crippen LogP contribution in [0.25, 0.3) is 10.9 Å². The predicted octanol–water partition coefficient (Wildman–Crippen LogP) is 3.51. The van der Waals surface area contributed by atoms with Gasteiger partial charge in [0.1, 0.15) is 0 Å². The first-order chi connectivity index (χ1) is 17.3. The van der Waals surface area contributed by atoms with Crippen molar-refractivity contribution in [2.75, 3.05) is 32.8 Å². The Bertz CT molecular complexity index is 1340. The van der Waals surface area contributed by atoms with Gasteiger partial charge in [-0.15, -0.1) is 0 Å². The number of carbonyl (C=O) groups excluding carboxylic acids is 1. The molecule has 2 aliphatic heterocycles. The minimum absolute atomic E-state index is 0.0209. The van der Waals surface area contributed by atoms with Crippen LogP contribution >= 0.6 is 0 Å². The van der Waals surface area contributed by atoms with Crippen molar-refractivity contribution < 1.29 is 9.53 Å². The molecule has 0 spiro atoms. The molecule has 2 aromatic carbocycles. The summed E-state index contributed by atoms with van der Waals surface area (Å²) in [6.07, 6.45) is 2.71. The van der Waals surface area contributed by atoms with Crippen LogP contribution in [0.2, 0.25) is 0 Å². The minimum Gasteiger partial charge on any atom is -0.378 e. The topological polar surface area (TPSA) is 63.5 Å². The zero-order valence-electron chi connectivity index (χ0n) is 19.8. The highest BCUT2D eigenvalue weighted by Gasteiger charge is 2.31. The molecule has 0 N–H and O–H groups in total. The number of morpholine rings is 1. The molecule has 0 atom stereocenters. The zero-order chi connectivity index (χ0) is 23.6. The van der Waals surface area contributed by atoms with Crippen molar-refractivity contribution in [1.29, 1.82) is 0 Å². The average molecular weight is 468 g/mol. The van der Waals surface area contributed by atoms with Gasteiger partial charge in [-0.25, -0.2) is 0 Å². The normalized spacial score (nSPS) is 16.4. The largest absolute Gasteiger partial charge is 0.378 e. The van der Waals surface area contributed by atoms with E-state index in [4.69, 9.17) is 9.84 Å². The first kappa shape index (κ1) is 21.9. The summed E-state index contributed by atoms with van der Waals surface area (Å²) in [5.74, 6) is 0.0209. The van der Waals surface area contributed by atoms with Gasteiger partial charge in [0.15, 0.2) is 5.69 Å². The van der Waals surface area contributed by atoms with E-state index < -0.39 is 0 Å². The number of carbonyl (C=O) groups is 1. The van der Waals surface area contributed by atoms with Gasteiger partial charge in [-0.3, -0.25) is 19.4 Å². The molecule has 4 heterocycles. The fraction of sp³-hybridized carbons (Fsp3) is 0.321. The highest BCUT2D eigenvalue weighted by Crippen LogP contribution is 2.27. The molecule has 1 saturated heterocycles. The van der Waals surface area contributed by atoms with Crippen LogP contribution in [0.5, 0.6) is 0 Å². The summed E-state index contributed by atoms with van der Waals surface area (Å²) >= 11 is 0. The average Bonchev–Trinajstić information content (AvgIpc) is 3.27. The van der Waals surface area contributed by atoms with E-state index in [1.165, 1.54) is 22.2 Å². The molecule has 6 rings (SSSR count). The smallest absolute Gasteiger partial charge is 0.274 e. The SMILES string of the molecule is O=C(c1nn(Cc2ccccc2)c2c1CN(Cc1cccc3ncccc13)CC2)N1CCOCC1. The Hall–Kier alpha value is -3.55. The van der Waals surface area contributed by atoms with Gasteiger partial charge in [-0.2, -0.15) is 5.10 Å². The molecule has 178 valence electrons. The molecule has 4 aromatic rings. The lowest BCUT2D eigenvalue weighted by Gasteiger charge is -2.29. The number of fused-ring (bicyclic) bond motifs is 2. The summed E-state index contributed by atoms with van der Waals surface area (Å²) in [7, 11) is 0. The third-order valence-corrected chi connectivity index (χ3v) is 7.02. The predicted molar refractivity (Wildman–Crippen MR) is 134 cm³/mol. The van der Waals surface area contributed by atoms with Gasteiger partial charge < -0.3 is 9.64 Å². The maximum atomic E-state index is 13.5. The summed E-state index contributed by atoms with van der Waals surface area (Å²) in [6.45, 7) is 5.53. The molecule has 7 heteroatoms. The standard InChI is InChI=1S/C28H29N5O2/c34-28(32-14-16-35-17-15-32)27-24-20-31(19-22-8-4-10-25-23(22)9-5-12-29-25)13-11-26(24)33(30-27)18-21-6-2-1-3-7-21/h1-10,12H,11,13-20H2. The molecule has 0 unspecified atom stereocenters. The number of aromatic nitrogens is 3. The summed E-state index contributed by atoms with van der Waals surface area (Å²) < 4.78 is 7.52. The zero-order valence-corrected chi connectivity index (χ0v) is 19.8. The van der Waals surface area contributed by atoms with Gasteiger partial charge >= 0.3 is 0 Å². The Balaban J connectivity index is 1.32. The molecule has 0 bridgehead atoms. The lowest BCUT2D eigenvalue weighted by atomic mass is 10.0. The van der Waals surface area contributed by atoms with Crippen molar-refractivity contribution in [2.45, 2.75) is 26.1 Å². The van der Waals surface area contributed by atoms with E-state index in [1.807, 2.05) is 35.4 Å². The van der Waals surface area contributed by atoms with E-state index in [0.29, 0.717) is 45.1 Å². The van der Waals surface area contributed by atoms with Crippen LogP contribution in [0, 0.1) is 0 Å². The van der Waals surface area contributed by atoms with E-state index >= 15 is 0 Å². The van der Waals surface area contributed by atoms with Crippen LogP contribution in [0.15, 0.2) is 66.9 Å².